The molecule has 0 spiro atoms. The quantitative estimate of drug-likeness (QED) is 0.614. The van der Waals surface area contributed by atoms with Crippen LogP contribution in [-0.4, -0.2) is 22.7 Å². The van der Waals surface area contributed by atoms with E-state index in [2.05, 4.69) is 15.7 Å². The number of aryl methyl sites for hydroxylation is 3. The fourth-order valence-corrected chi connectivity index (χ4v) is 3.43. The van der Waals surface area contributed by atoms with Crippen molar-refractivity contribution in [1.29, 1.82) is 0 Å². The smallest absolute Gasteiger partial charge is 0.241 e. The number of carbonyl (C=O) groups excluding carboxylic acids is 1. The van der Waals surface area contributed by atoms with Gasteiger partial charge in [0.25, 0.3) is 0 Å². The Kier molecular flexibility index (Phi) is 6.77. The minimum atomic E-state index is -0.514. The van der Waals surface area contributed by atoms with Gasteiger partial charge in [0.05, 0.1) is 5.69 Å². The zero-order chi connectivity index (χ0) is 20.8. The molecule has 1 amide bonds. The molecule has 0 bridgehead atoms. The summed E-state index contributed by atoms with van der Waals surface area (Å²) in [6.07, 6.45) is 3.38. The standard InChI is InChI=1S/C23H27FN4O/c1-16-15-18(9-11-20(16)24)21(12-10-19-13-14-28(3)27-19)26-22(23(29)25-2)17-7-5-4-6-8-17/h4-9,11,13-15,21-22,26H,10,12H2,1-3H3,(H,25,29). The van der Waals surface area contributed by atoms with Crippen molar-refractivity contribution in [3.63, 3.8) is 0 Å². The lowest BCUT2D eigenvalue weighted by molar-refractivity contribution is -0.123. The Morgan fingerprint density at radius 3 is 2.52 bits per heavy atom. The van der Waals surface area contributed by atoms with Gasteiger partial charge in [0, 0.05) is 26.3 Å². The van der Waals surface area contributed by atoms with Crippen LogP contribution in [0.2, 0.25) is 0 Å². The molecule has 3 aromatic rings. The van der Waals surface area contributed by atoms with Gasteiger partial charge in [-0.2, -0.15) is 5.10 Å². The van der Waals surface area contributed by atoms with Crippen molar-refractivity contribution in [2.45, 2.75) is 31.8 Å². The van der Waals surface area contributed by atoms with E-state index in [1.165, 1.54) is 6.07 Å². The largest absolute Gasteiger partial charge is 0.358 e. The third-order valence-corrected chi connectivity index (χ3v) is 5.05. The van der Waals surface area contributed by atoms with E-state index in [1.807, 2.05) is 55.7 Å². The first-order valence-corrected chi connectivity index (χ1v) is 9.75. The molecule has 0 saturated heterocycles. The van der Waals surface area contributed by atoms with Crippen LogP contribution in [0.4, 0.5) is 4.39 Å². The molecule has 2 N–H and O–H groups in total. The van der Waals surface area contributed by atoms with Crippen molar-refractivity contribution < 1.29 is 9.18 Å². The van der Waals surface area contributed by atoms with E-state index in [9.17, 15) is 9.18 Å². The summed E-state index contributed by atoms with van der Waals surface area (Å²) in [5.41, 5.74) is 3.40. The van der Waals surface area contributed by atoms with Crippen molar-refractivity contribution in [3.8, 4) is 0 Å². The van der Waals surface area contributed by atoms with Gasteiger partial charge in [0.1, 0.15) is 11.9 Å². The van der Waals surface area contributed by atoms with Gasteiger partial charge in [-0.05, 0) is 48.6 Å². The number of hydrogen-bond donors (Lipinski definition) is 2. The molecule has 2 aromatic carbocycles. The Morgan fingerprint density at radius 1 is 1.14 bits per heavy atom. The third kappa shape index (κ3) is 5.29. The van der Waals surface area contributed by atoms with Crippen LogP contribution in [0.1, 0.15) is 40.9 Å². The highest BCUT2D eigenvalue weighted by Gasteiger charge is 2.24. The van der Waals surface area contributed by atoms with Crippen LogP contribution in [0.3, 0.4) is 0 Å². The van der Waals surface area contributed by atoms with E-state index in [0.717, 1.165) is 29.7 Å². The molecule has 0 aliphatic rings. The Morgan fingerprint density at radius 2 is 1.90 bits per heavy atom. The van der Waals surface area contributed by atoms with Gasteiger partial charge in [-0.1, -0.05) is 42.5 Å². The average molecular weight is 394 g/mol. The zero-order valence-electron chi connectivity index (χ0n) is 17.0. The second-order valence-corrected chi connectivity index (χ2v) is 7.21. The number of aromatic nitrogens is 2. The second-order valence-electron chi connectivity index (χ2n) is 7.21. The van der Waals surface area contributed by atoms with E-state index >= 15 is 0 Å². The number of carbonyl (C=O) groups is 1. The van der Waals surface area contributed by atoms with E-state index in [1.54, 1.807) is 24.7 Å². The fraction of sp³-hybridized carbons (Fsp3) is 0.304. The molecule has 0 saturated carbocycles. The minimum absolute atomic E-state index is 0.113. The topological polar surface area (TPSA) is 59.0 Å². The molecule has 0 aliphatic carbocycles. The fourth-order valence-electron chi connectivity index (χ4n) is 3.43. The van der Waals surface area contributed by atoms with E-state index in [0.29, 0.717) is 5.56 Å². The number of amides is 1. The van der Waals surface area contributed by atoms with Gasteiger partial charge >= 0.3 is 0 Å². The van der Waals surface area contributed by atoms with Gasteiger partial charge in [-0.25, -0.2) is 4.39 Å². The molecule has 3 rings (SSSR count). The van der Waals surface area contributed by atoms with Gasteiger partial charge < -0.3 is 5.32 Å². The number of likely N-dealkylation sites (N-methyl/N-ethyl adjacent to an activating group) is 1. The van der Waals surface area contributed by atoms with Crippen LogP contribution in [-0.2, 0) is 18.3 Å². The first kappa shape index (κ1) is 20.7. The minimum Gasteiger partial charge on any atom is -0.358 e. The highest BCUT2D eigenvalue weighted by atomic mass is 19.1. The number of hydrogen-bond acceptors (Lipinski definition) is 3. The van der Waals surface area contributed by atoms with Crippen LogP contribution < -0.4 is 10.6 Å². The summed E-state index contributed by atoms with van der Waals surface area (Å²) in [6.45, 7) is 1.75. The molecule has 152 valence electrons. The van der Waals surface area contributed by atoms with Crippen molar-refractivity contribution in [2.24, 2.45) is 7.05 Å². The summed E-state index contributed by atoms with van der Waals surface area (Å²) in [6, 6.07) is 16.1. The first-order chi connectivity index (χ1) is 14.0. The Labute approximate surface area is 170 Å². The van der Waals surface area contributed by atoms with Crippen molar-refractivity contribution in [3.05, 3.63) is 89.0 Å². The summed E-state index contributed by atoms with van der Waals surface area (Å²) < 4.78 is 15.6. The van der Waals surface area contributed by atoms with Gasteiger partial charge in [0.15, 0.2) is 0 Å². The maximum absolute atomic E-state index is 13.8. The van der Waals surface area contributed by atoms with Crippen LogP contribution in [0.5, 0.6) is 0 Å². The number of benzene rings is 2. The molecule has 2 atom stereocenters. The number of halogens is 1. The predicted octanol–water partition coefficient (Wildman–Crippen LogP) is 3.62. The van der Waals surface area contributed by atoms with E-state index in [-0.39, 0.29) is 17.8 Å². The van der Waals surface area contributed by atoms with Gasteiger partial charge in [-0.15, -0.1) is 0 Å². The predicted molar refractivity (Wildman–Crippen MR) is 112 cm³/mol. The molecule has 1 heterocycles. The first-order valence-electron chi connectivity index (χ1n) is 9.75. The monoisotopic (exact) mass is 394 g/mol. The zero-order valence-corrected chi connectivity index (χ0v) is 17.0. The van der Waals surface area contributed by atoms with Crippen molar-refractivity contribution in [1.82, 2.24) is 20.4 Å². The normalized spacial score (nSPS) is 13.1. The Bertz CT molecular complexity index is 955. The summed E-state index contributed by atoms with van der Waals surface area (Å²) in [4.78, 5) is 12.6. The number of rotatable bonds is 8. The molecule has 5 nitrogen and oxygen atoms in total. The highest BCUT2D eigenvalue weighted by Crippen LogP contribution is 2.26. The molecule has 0 aliphatic heterocycles. The Balaban J connectivity index is 1.89. The lowest BCUT2D eigenvalue weighted by Crippen LogP contribution is -2.38. The molecule has 2 unspecified atom stereocenters. The maximum atomic E-state index is 13.8. The van der Waals surface area contributed by atoms with Crippen LogP contribution in [0.25, 0.3) is 0 Å². The average Bonchev–Trinajstić information content (AvgIpc) is 3.15. The number of nitrogens with one attached hydrogen (secondary N) is 2. The van der Waals surface area contributed by atoms with E-state index in [4.69, 9.17) is 0 Å². The van der Waals surface area contributed by atoms with Gasteiger partial charge in [-0.3, -0.25) is 14.8 Å². The molecular formula is C23H27FN4O. The molecular weight excluding hydrogens is 367 g/mol. The molecule has 6 heteroatoms. The number of nitrogens with zero attached hydrogens (tertiary/aromatic N) is 2. The molecule has 0 fully saturated rings. The summed E-state index contributed by atoms with van der Waals surface area (Å²) in [5, 5.41) is 10.7. The summed E-state index contributed by atoms with van der Waals surface area (Å²) >= 11 is 0. The van der Waals surface area contributed by atoms with Crippen molar-refractivity contribution in [2.75, 3.05) is 7.05 Å². The lowest BCUT2D eigenvalue weighted by Gasteiger charge is -2.26. The lowest BCUT2D eigenvalue weighted by atomic mass is 9.96. The van der Waals surface area contributed by atoms with Crippen LogP contribution in [0, 0.1) is 12.7 Å². The molecule has 29 heavy (non-hydrogen) atoms. The highest BCUT2D eigenvalue weighted by molar-refractivity contribution is 5.83. The summed E-state index contributed by atoms with van der Waals surface area (Å²) in [5.74, 6) is -0.346. The van der Waals surface area contributed by atoms with E-state index < -0.39 is 6.04 Å². The molecule has 1 aromatic heterocycles. The maximum Gasteiger partial charge on any atom is 0.241 e. The summed E-state index contributed by atoms with van der Waals surface area (Å²) in [7, 11) is 3.52. The third-order valence-electron chi connectivity index (χ3n) is 5.05. The van der Waals surface area contributed by atoms with Crippen molar-refractivity contribution >= 4 is 5.91 Å². The molecule has 0 radical (unpaired) electrons. The second kappa shape index (κ2) is 9.47. The van der Waals surface area contributed by atoms with Crippen LogP contribution >= 0.6 is 0 Å². The SMILES string of the molecule is CNC(=O)C(NC(CCc1ccn(C)n1)c1ccc(F)c(C)c1)c1ccccc1. The van der Waals surface area contributed by atoms with Gasteiger partial charge in [0.2, 0.25) is 5.91 Å². The van der Waals surface area contributed by atoms with Crippen LogP contribution in [0.15, 0.2) is 60.8 Å². The Hall–Kier alpha value is -2.99.